The number of nitrogens with zero attached hydrogens (tertiary/aromatic N) is 4. The maximum absolute atomic E-state index is 14.0. The number of ketones is 1. The van der Waals surface area contributed by atoms with Crippen LogP contribution in [-0.4, -0.2) is 35.5 Å². The molecule has 2 aromatic carbocycles. The van der Waals surface area contributed by atoms with E-state index in [2.05, 4.69) is 133 Å². The molecule has 0 saturated carbocycles. The number of hydrogen-bond donors (Lipinski definition) is 0. The second-order valence-corrected chi connectivity index (χ2v) is 15.0. The van der Waals surface area contributed by atoms with Crippen molar-refractivity contribution in [1.82, 2.24) is 9.13 Å². The summed E-state index contributed by atoms with van der Waals surface area (Å²) in [6, 6.07) is 20.5. The Morgan fingerprint density at radius 3 is 2.33 bits per heavy atom. The fourth-order valence-electron chi connectivity index (χ4n) is 10.1. The van der Waals surface area contributed by atoms with Crippen LogP contribution in [0.2, 0.25) is 0 Å². The van der Waals surface area contributed by atoms with Crippen LogP contribution in [0.25, 0.3) is 22.8 Å². The zero-order chi connectivity index (χ0) is 31.2. The van der Waals surface area contributed by atoms with Gasteiger partial charge in [0.2, 0.25) is 17.1 Å². The highest BCUT2D eigenvalue weighted by atomic mass is 16.1. The van der Waals surface area contributed by atoms with Crippen molar-refractivity contribution < 1.29 is 13.9 Å². The first-order valence-electron chi connectivity index (χ1n) is 16.5. The van der Waals surface area contributed by atoms with Crippen LogP contribution in [0.15, 0.2) is 78.1 Å². The summed E-state index contributed by atoms with van der Waals surface area (Å²) in [6.45, 7) is 13.6. The maximum atomic E-state index is 14.0. The molecule has 0 fully saturated rings. The lowest BCUT2D eigenvalue weighted by Gasteiger charge is -2.40. The van der Waals surface area contributed by atoms with Crippen molar-refractivity contribution >= 4 is 40.0 Å². The van der Waals surface area contributed by atoms with E-state index in [0.717, 1.165) is 23.4 Å². The summed E-state index contributed by atoms with van der Waals surface area (Å²) in [6.07, 6.45) is 8.51. The molecule has 0 unspecified atom stereocenters. The number of aryl methyl sites for hydroxylation is 4. The molecule has 11 rings (SSSR count). The molecule has 222 valence electrons. The minimum absolute atomic E-state index is 0.0781. The Morgan fingerprint density at radius 2 is 1.57 bits per heavy atom. The van der Waals surface area contributed by atoms with Gasteiger partial charge in [0.25, 0.3) is 0 Å². The van der Waals surface area contributed by atoms with E-state index >= 15 is 0 Å². The monoisotopic (exact) mass is 598 g/mol. The number of allylic oxidation sites excluding steroid dienone is 4. The summed E-state index contributed by atoms with van der Waals surface area (Å²) >= 11 is 0. The fourth-order valence-corrected chi connectivity index (χ4v) is 10.1. The summed E-state index contributed by atoms with van der Waals surface area (Å²) < 4.78 is 10.4. The third-order valence-electron chi connectivity index (χ3n) is 11.7. The Hall–Kier alpha value is -5.03. The molecule has 8 heterocycles. The van der Waals surface area contributed by atoms with E-state index in [-0.39, 0.29) is 11.2 Å². The molecule has 2 aromatic heterocycles. The molecule has 5 nitrogen and oxygen atoms in total. The summed E-state index contributed by atoms with van der Waals surface area (Å²) in [5.41, 5.74) is 19.3. The van der Waals surface area contributed by atoms with E-state index in [9.17, 15) is 4.79 Å². The van der Waals surface area contributed by atoms with Gasteiger partial charge in [0.05, 0.1) is 44.2 Å². The van der Waals surface area contributed by atoms with E-state index in [0.29, 0.717) is 6.42 Å². The molecule has 0 N–H and O–H groups in total. The van der Waals surface area contributed by atoms with Crippen molar-refractivity contribution in [1.29, 1.82) is 0 Å². The smallest absolute Gasteiger partial charge is 0.294 e. The number of Topliss-reactive ketones (excluding diaryl/α,β-unsaturated/α-hetero) is 1. The Labute approximate surface area is 267 Å². The molecule has 0 saturated heterocycles. The highest BCUT2D eigenvalue weighted by molar-refractivity contribution is 6.28. The van der Waals surface area contributed by atoms with Crippen LogP contribution in [0.1, 0.15) is 81.8 Å². The van der Waals surface area contributed by atoms with E-state index in [1.165, 1.54) is 83.6 Å². The van der Waals surface area contributed by atoms with Crippen LogP contribution < -0.4 is 10.7 Å². The Morgan fingerprint density at radius 1 is 0.804 bits per heavy atom. The lowest BCUT2D eigenvalue weighted by molar-refractivity contribution is -0.835. The molecule has 5 heteroatoms. The number of hydrogen-bond acceptors (Lipinski definition) is 1. The van der Waals surface area contributed by atoms with E-state index in [4.69, 9.17) is 0 Å². The van der Waals surface area contributed by atoms with Gasteiger partial charge in [-0.3, -0.25) is 4.79 Å². The molecule has 1 spiro atoms. The number of benzene rings is 2. The average Bonchev–Trinajstić information content (AvgIpc) is 3.81. The van der Waals surface area contributed by atoms with Crippen molar-refractivity contribution in [2.75, 3.05) is 0 Å². The Kier molecular flexibility index (Phi) is 4.11. The summed E-state index contributed by atoms with van der Waals surface area (Å²) in [5.74, 6) is -0.500. The van der Waals surface area contributed by atoms with E-state index < -0.39 is 5.91 Å². The predicted molar refractivity (Wildman–Crippen MR) is 180 cm³/mol. The van der Waals surface area contributed by atoms with Gasteiger partial charge in [-0.05, 0) is 82.0 Å². The second kappa shape index (κ2) is 7.50. The van der Waals surface area contributed by atoms with Gasteiger partial charge in [0, 0.05) is 36.6 Å². The lowest BCUT2D eigenvalue weighted by atomic mass is 9.84. The van der Waals surface area contributed by atoms with Crippen LogP contribution in [0.5, 0.6) is 0 Å². The third-order valence-corrected chi connectivity index (χ3v) is 11.7. The van der Waals surface area contributed by atoms with Gasteiger partial charge in [-0.1, -0.05) is 56.7 Å². The molecule has 6 aliphatic heterocycles. The zero-order valence-corrected chi connectivity index (χ0v) is 27.0. The normalized spacial score (nSPS) is 23.3. The standard InChI is InChI=1S/C41H34N4O/c1-21-7-9-25(10-8-21)37-29-12-11-26-17-35-40(5,6)20-33-27-19-34(46)28-18-32-38(36-23(3)15-22(2)16-24(36)4)31-14-13-30(37)43(31)41(42(26)29,44(33)35)45(32)39(27)28/h7-18H,19-20H2,1-6H3/q+2/t41-/m0/s1. The van der Waals surface area contributed by atoms with Crippen LogP contribution in [0.4, 0.5) is 0 Å². The van der Waals surface area contributed by atoms with Gasteiger partial charge in [0.15, 0.2) is 11.5 Å². The fraction of sp³-hybridized carbons (Fsp3) is 0.244. The van der Waals surface area contributed by atoms with Crippen LogP contribution >= 0.6 is 0 Å². The molecule has 46 heavy (non-hydrogen) atoms. The molecule has 0 radical (unpaired) electrons. The second-order valence-electron chi connectivity index (χ2n) is 15.0. The highest BCUT2D eigenvalue weighted by Gasteiger charge is 2.75. The van der Waals surface area contributed by atoms with Gasteiger partial charge in [0.1, 0.15) is 0 Å². The van der Waals surface area contributed by atoms with E-state index in [1.807, 2.05) is 0 Å². The molecule has 0 bridgehead atoms. The first kappa shape index (κ1) is 25.2. The zero-order valence-electron chi connectivity index (χ0n) is 27.0. The summed E-state index contributed by atoms with van der Waals surface area (Å²) in [7, 11) is 0. The van der Waals surface area contributed by atoms with Gasteiger partial charge in [-0.2, -0.15) is 9.13 Å². The minimum atomic E-state index is -0.739. The quantitative estimate of drug-likeness (QED) is 0.275. The minimum Gasteiger partial charge on any atom is -0.294 e. The molecule has 7 aliphatic rings. The maximum Gasteiger partial charge on any atom is 0.553 e. The predicted octanol–water partition coefficient (Wildman–Crippen LogP) is 5.64. The van der Waals surface area contributed by atoms with Crippen LogP contribution in [-0.2, 0) is 5.91 Å². The van der Waals surface area contributed by atoms with Crippen LogP contribution in [0.3, 0.4) is 0 Å². The number of rotatable bonds is 2. The van der Waals surface area contributed by atoms with E-state index in [1.54, 1.807) is 0 Å². The largest absolute Gasteiger partial charge is 0.553 e. The molecule has 4 aromatic rings. The van der Waals surface area contributed by atoms with Crippen molar-refractivity contribution in [2.24, 2.45) is 5.41 Å². The summed E-state index contributed by atoms with van der Waals surface area (Å²) in [5, 5.41) is 2.42. The molecule has 0 amide bonds. The molecular formula is C41H34N4O+2. The molecular weight excluding hydrogens is 564 g/mol. The Bertz CT molecular complexity index is 2560. The van der Waals surface area contributed by atoms with Gasteiger partial charge >= 0.3 is 5.91 Å². The Balaban J connectivity index is 1.42. The van der Waals surface area contributed by atoms with Gasteiger partial charge in [-0.25, -0.2) is 0 Å². The first-order chi connectivity index (χ1) is 22.1. The lowest BCUT2D eigenvalue weighted by Crippen LogP contribution is -2.70. The van der Waals surface area contributed by atoms with Crippen molar-refractivity contribution in [3.63, 3.8) is 0 Å². The van der Waals surface area contributed by atoms with Gasteiger partial charge < -0.3 is 0 Å². The number of carbonyl (C=O) groups excluding carboxylic acids is 1. The van der Waals surface area contributed by atoms with Crippen LogP contribution in [0, 0.1) is 33.1 Å². The molecule has 1 atom stereocenters. The number of carbonyl (C=O) groups is 1. The van der Waals surface area contributed by atoms with Crippen molar-refractivity contribution in [2.45, 2.75) is 60.3 Å². The third kappa shape index (κ3) is 2.50. The van der Waals surface area contributed by atoms with Crippen molar-refractivity contribution in [3.8, 4) is 0 Å². The van der Waals surface area contributed by atoms with Gasteiger partial charge in [-0.15, -0.1) is 0 Å². The number of aromatic nitrogens is 2. The average molecular weight is 599 g/mol. The summed E-state index contributed by atoms with van der Waals surface area (Å²) in [4.78, 5) is 14.0. The first-order valence-corrected chi connectivity index (χ1v) is 16.5. The molecule has 1 aliphatic carbocycles. The highest BCUT2D eigenvalue weighted by Crippen LogP contribution is 2.57. The van der Waals surface area contributed by atoms with Crippen molar-refractivity contribution in [3.05, 3.63) is 139 Å². The topological polar surface area (TPSA) is 32.9 Å². The SMILES string of the molecule is Cc1ccc(C2=c3ccc4n3[C@@]35n6c(cc7c6C(=C6CC(C)(C)C(=[N+]63)C=4)CC7=O)C(c3c(C)cc(C)cc3C)=C3C=CC2=[N+]35)cc1.